The van der Waals surface area contributed by atoms with Gasteiger partial charge in [0.1, 0.15) is 5.58 Å². The summed E-state index contributed by atoms with van der Waals surface area (Å²) in [4.78, 5) is 14.5. The van der Waals surface area contributed by atoms with E-state index in [-0.39, 0.29) is 18.3 Å². The number of fused-ring (bicyclic) bond motifs is 1. The van der Waals surface area contributed by atoms with Crippen LogP contribution in [0, 0.1) is 6.92 Å². The number of benzene rings is 1. The number of nitrogens with one attached hydrogen (secondary N) is 1. The van der Waals surface area contributed by atoms with Gasteiger partial charge in [0.25, 0.3) is 5.91 Å². The predicted molar refractivity (Wildman–Crippen MR) is 86.6 cm³/mol. The fraction of sp³-hybridized carbons (Fsp3) is 0.400. The monoisotopic (exact) mass is 328 g/mol. The zero-order chi connectivity index (χ0) is 14.1. The molecule has 1 aromatic heterocycles. The fourth-order valence-corrected chi connectivity index (χ4v) is 2.76. The first kappa shape index (κ1) is 16.1. The van der Waals surface area contributed by atoms with E-state index in [9.17, 15) is 4.79 Å². The molecule has 1 N–H and O–H groups in total. The van der Waals surface area contributed by atoms with Crippen LogP contribution in [0.3, 0.4) is 0 Å². The second-order valence-corrected chi connectivity index (χ2v) is 5.53. The number of hydrogen-bond donors (Lipinski definition) is 1. The molecule has 0 spiro atoms. The van der Waals surface area contributed by atoms with Gasteiger partial charge in [-0.2, -0.15) is 0 Å². The van der Waals surface area contributed by atoms with Gasteiger partial charge in [0.15, 0.2) is 5.76 Å². The molecule has 21 heavy (non-hydrogen) atoms. The summed E-state index contributed by atoms with van der Waals surface area (Å²) >= 11 is 6.00. The molecule has 1 aliphatic rings. The standard InChI is InChI=1S/C15H17ClN2O2.ClH/c1-10-12-9-11(16)3-4-13(12)20-14(10)15(19)18-7-2-5-17-6-8-18;/h3-4,9,17H,2,5-8H2,1H3;1H. The molecule has 1 aliphatic heterocycles. The van der Waals surface area contributed by atoms with Gasteiger partial charge in [0.05, 0.1) is 0 Å². The molecule has 0 atom stereocenters. The molecule has 6 heteroatoms. The smallest absolute Gasteiger partial charge is 0.289 e. The number of rotatable bonds is 1. The maximum Gasteiger partial charge on any atom is 0.289 e. The third-order valence-corrected chi connectivity index (χ3v) is 3.95. The van der Waals surface area contributed by atoms with Crippen molar-refractivity contribution >= 4 is 40.9 Å². The van der Waals surface area contributed by atoms with Crippen LogP contribution in [0.25, 0.3) is 11.0 Å². The number of carbonyl (C=O) groups is 1. The average molecular weight is 329 g/mol. The van der Waals surface area contributed by atoms with Crippen molar-refractivity contribution in [1.29, 1.82) is 0 Å². The van der Waals surface area contributed by atoms with Crippen molar-refractivity contribution in [2.45, 2.75) is 13.3 Å². The molecule has 3 rings (SSSR count). The van der Waals surface area contributed by atoms with Crippen LogP contribution in [0.4, 0.5) is 0 Å². The summed E-state index contributed by atoms with van der Waals surface area (Å²) in [7, 11) is 0. The molecule has 0 saturated carbocycles. The molecule has 1 amide bonds. The first-order chi connectivity index (χ1) is 9.66. The summed E-state index contributed by atoms with van der Waals surface area (Å²) in [5.74, 6) is 0.405. The van der Waals surface area contributed by atoms with Gasteiger partial charge in [0.2, 0.25) is 0 Å². The normalized spacial score (nSPS) is 15.6. The number of halogens is 2. The van der Waals surface area contributed by atoms with Crippen molar-refractivity contribution in [2.24, 2.45) is 0 Å². The molecular formula is C15H18Cl2N2O2. The van der Waals surface area contributed by atoms with Crippen LogP contribution in [-0.4, -0.2) is 37.0 Å². The summed E-state index contributed by atoms with van der Waals surface area (Å²) in [6, 6.07) is 5.43. The Kier molecular flexibility index (Phi) is 5.14. The lowest BCUT2D eigenvalue weighted by Gasteiger charge is -2.18. The molecule has 4 nitrogen and oxygen atoms in total. The molecule has 2 heterocycles. The quantitative estimate of drug-likeness (QED) is 0.873. The summed E-state index contributed by atoms with van der Waals surface area (Å²) in [5.41, 5.74) is 1.58. The molecule has 114 valence electrons. The number of aryl methyl sites for hydroxylation is 1. The van der Waals surface area contributed by atoms with Crippen molar-refractivity contribution in [1.82, 2.24) is 10.2 Å². The molecule has 2 aromatic rings. The maximum atomic E-state index is 12.6. The number of nitrogens with zero attached hydrogens (tertiary/aromatic N) is 1. The molecule has 0 bridgehead atoms. The highest BCUT2D eigenvalue weighted by Gasteiger charge is 2.23. The highest BCUT2D eigenvalue weighted by atomic mass is 35.5. The van der Waals surface area contributed by atoms with Crippen LogP contribution >= 0.6 is 24.0 Å². The minimum Gasteiger partial charge on any atom is -0.451 e. The van der Waals surface area contributed by atoms with E-state index in [0.717, 1.165) is 43.5 Å². The zero-order valence-corrected chi connectivity index (χ0v) is 13.4. The third-order valence-electron chi connectivity index (χ3n) is 3.72. The lowest BCUT2D eigenvalue weighted by Crippen LogP contribution is -2.34. The Labute approximate surface area is 134 Å². The Morgan fingerprint density at radius 3 is 2.95 bits per heavy atom. The minimum absolute atomic E-state index is 0. The summed E-state index contributed by atoms with van der Waals surface area (Å²) in [6.45, 7) is 5.18. The van der Waals surface area contributed by atoms with Gasteiger partial charge in [-0.05, 0) is 38.1 Å². The minimum atomic E-state index is -0.0291. The largest absolute Gasteiger partial charge is 0.451 e. The van der Waals surface area contributed by atoms with Crippen molar-refractivity contribution in [3.05, 3.63) is 34.5 Å². The topological polar surface area (TPSA) is 45.5 Å². The number of hydrogen-bond acceptors (Lipinski definition) is 3. The van der Waals surface area contributed by atoms with Crippen molar-refractivity contribution in [2.75, 3.05) is 26.2 Å². The predicted octanol–water partition coefficient (Wildman–Crippen LogP) is 3.25. The second kappa shape index (κ2) is 6.69. The first-order valence-corrected chi connectivity index (χ1v) is 7.23. The highest BCUT2D eigenvalue weighted by molar-refractivity contribution is 6.31. The van der Waals surface area contributed by atoms with Crippen LogP contribution in [0.5, 0.6) is 0 Å². The Morgan fingerprint density at radius 2 is 2.14 bits per heavy atom. The van der Waals surface area contributed by atoms with Gasteiger partial charge in [0, 0.05) is 35.6 Å². The van der Waals surface area contributed by atoms with Crippen LogP contribution in [-0.2, 0) is 0 Å². The van der Waals surface area contributed by atoms with Gasteiger partial charge in [-0.1, -0.05) is 11.6 Å². The fourth-order valence-electron chi connectivity index (χ4n) is 2.59. The summed E-state index contributed by atoms with van der Waals surface area (Å²) < 4.78 is 5.74. The zero-order valence-electron chi connectivity index (χ0n) is 11.8. The average Bonchev–Trinajstić information content (AvgIpc) is 2.66. The second-order valence-electron chi connectivity index (χ2n) is 5.09. The Bertz CT molecular complexity index is 646. The lowest BCUT2D eigenvalue weighted by atomic mass is 10.1. The van der Waals surface area contributed by atoms with E-state index < -0.39 is 0 Å². The molecule has 1 fully saturated rings. The van der Waals surface area contributed by atoms with E-state index in [0.29, 0.717) is 16.4 Å². The van der Waals surface area contributed by atoms with Gasteiger partial charge in [-0.15, -0.1) is 12.4 Å². The Morgan fingerprint density at radius 1 is 1.33 bits per heavy atom. The lowest BCUT2D eigenvalue weighted by molar-refractivity contribution is 0.0736. The van der Waals surface area contributed by atoms with Crippen molar-refractivity contribution in [3.63, 3.8) is 0 Å². The molecule has 1 aromatic carbocycles. The van der Waals surface area contributed by atoms with Gasteiger partial charge < -0.3 is 14.6 Å². The molecular weight excluding hydrogens is 311 g/mol. The maximum absolute atomic E-state index is 12.6. The van der Waals surface area contributed by atoms with Crippen LogP contribution in [0.2, 0.25) is 5.02 Å². The number of furan rings is 1. The molecule has 0 radical (unpaired) electrons. The SMILES string of the molecule is Cc1c(C(=O)N2CCCNCC2)oc2ccc(Cl)cc12.Cl. The van der Waals surface area contributed by atoms with Gasteiger partial charge in [-0.3, -0.25) is 4.79 Å². The van der Waals surface area contributed by atoms with E-state index in [2.05, 4.69) is 5.32 Å². The molecule has 1 saturated heterocycles. The van der Waals surface area contributed by atoms with Crippen molar-refractivity contribution in [3.8, 4) is 0 Å². The van der Waals surface area contributed by atoms with Crippen LogP contribution < -0.4 is 5.32 Å². The van der Waals surface area contributed by atoms with E-state index >= 15 is 0 Å². The number of amides is 1. The van der Waals surface area contributed by atoms with Crippen molar-refractivity contribution < 1.29 is 9.21 Å². The van der Waals surface area contributed by atoms with Gasteiger partial charge in [-0.25, -0.2) is 0 Å². The van der Waals surface area contributed by atoms with E-state index in [4.69, 9.17) is 16.0 Å². The van der Waals surface area contributed by atoms with E-state index in [1.807, 2.05) is 24.0 Å². The molecule has 0 unspecified atom stereocenters. The molecule has 0 aliphatic carbocycles. The summed E-state index contributed by atoms with van der Waals surface area (Å²) in [6.07, 6.45) is 0.969. The third kappa shape index (κ3) is 3.18. The number of carbonyl (C=O) groups excluding carboxylic acids is 1. The summed E-state index contributed by atoms with van der Waals surface area (Å²) in [5, 5.41) is 4.85. The van der Waals surface area contributed by atoms with Gasteiger partial charge >= 0.3 is 0 Å². The van der Waals surface area contributed by atoms with E-state index in [1.54, 1.807) is 6.07 Å². The Balaban J connectivity index is 0.00000161. The van der Waals surface area contributed by atoms with Crippen LogP contribution in [0.15, 0.2) is 22.6 Å². The first-order valence-electron chi connectivity index (χ1n) is 6.85. The van der Waals surface area contributed by atoms with E-state index in [1.165, 1.54) is 0 Å². The highest BCUT2D eigenvalue weighted by Crippen LogP contribution is 2.28. The Hall–Kier alpha value is -1.23. The van der Waals surface area contributed by atoms with Crippen LogP contribution in [0.1, 0.15) is 22.5 Å².